The van der Waals surface area contributed by atoms with Crippen LogP contribution in [0.15, 0.2) is 24.3 Å². The summed E-state index contributed by atoms with van der Waals surface area (Å²) >= 11 is 0. The zero-order valence-corrected chi connectivity index (χ0v) is 11.5. The van der Waals surface area contributed by atoms with Gasteiger partial charge in [-0.3, -0.25) is 10.1 Å². The average molecular weight is 266 g/mol. The Morgan fingerprint density at radius 1 is 1.32 bits per heavy atom. The second kappa shape index (κ2) is 6.17. The Labute approximate surface area is 112 Å². The molecule has 6 heteroatoms. The van der Waals surface area contributed by atoms with E-state index in [1.807, 2.05) is 0 Å². The van der Waals surface area contributed by atoms with Crippen LogP contribution in [0.25, 0.3) is 0 Å². The van der Waals surface area contributed by atoms with Gasteiger partial charge in [0, 0.05) is 13.1 Å². The van der Waals surface area contributed by atoms with Gasteiger partial charge in [0.25, 0.3) is 5.69 Å². The van der Waals surface area contributed by atoms with Gasteiger partial charge in [-0.25, -0.2) is 4.79 Å². The predicted molar refractivity (Wildman–Crippen MR) is 72.2 cm³/mol. The van der Waals surface area contributed by atoms with E-state index in [1.54, 1.807) is 50.9 Å². The van der Waals surface area contributed by atoms with Crippen molar-refractivity contribution >= 4 is 17.3 Å². The molecule has 0 aliphatic heterocycles. The molecule has 0 aromatic heterocycles. The maximum Gasteiger partial charge on any atom is 0.328 e. The Bertz CT molecular complexity index is 473. The van der Waals surface area contributed by atoms with Crippen molar-refractivity contribution in [3.63, 3.8) is 0 Å². The van der Waals surface area contributed by atoms with Crippen molar-refractivity contribution in [3.05, 3.63) is 34.4 Å². The van der Waals surface area contributed by atoms with E-state index in [0.29, 0.717) is 5.69 Å². The van der Waals surface area contributed by atoms with E-state index in [9.17, 15) is 14.9 Å². The third kappa shape index (κ3) is 3.67. The van der Waals surface area contributed by atoms with Crippen LogP contribution < -0.4 is 4.90 Å². The summed E-state index contributed by atoms with van der Waals surface area (Å²) in [6, 6.07) is 5.71. The third-order valence-corrected chi connectivity index (χ3v) is 2.73. The summed E-state index contributed by atoms with van der Waals surface area (Å²) in [6.07, 6.45) is -0.214. The van der Waals surface area contributed by atoms with Crippen LogP contribution in [0.5, 0.6) is 0 Å². The number of hydrogen-bond acceptors (Lipinski definition) is 5. The van der Waals surface area contributed by atoms with E-state index >= 15 is 0 Å². The third-order valence-electron chi connectivity index (χ3n) is 2.73. The molecule has 0 N–H and O–H groups in total. The molecule has 0 fully saturated rings. The SMILES string of the molecule is CC(C)OC(=O)C(C)N(C)c1ccccc1[N+](=O)[O-]. The molecule has 0 amide bonds. The number of carbonyl (C=O) groups excluding carboxylic acids is 1. The van der Waals surface area contributed by atoms with E-state index in [4.69, 9.17) is 4.74 Å². The molecule has 1 aromatic rings. The number of nitrogens with zero attached hydrogens (tertiary/aromatic N) is 2. The number of benzene rings is 1. The first-order valence-electron chi connectivity index (χ1n) is 6.01. The summed E-state index contributed by atoms with van der Waals surface area (Å²) in [6.45, 7) is 5.17. The quantitative estimate of drug-likeness (QED) is 0.464. The highest BCUT2D eigenvalue weighted by molar-refractivity contribution is 5.81. The molecule has 1 atom stereocenters. The minimum Gasteiger partial charge on any atom is -0.461 e. The highest BCUT2D eigenvalue weighted by atomic mass is 16.6. The molecule has 0 bridgehead atoms. The van der Waals surface area contributed by atoms with E-state index < -0.39 is 16.9 Å². The number of nitro benzene ring substituents is 1. The van der Waals surface area contributed by atoms with Gasteiger partial charge >= 0.3 is 5.97 Å². The molecular formula is C13H18N2O4. The molecule has 0 radical (unpaired) electrons. The lowest BCUT2D eigenvalue weighted by Crippen LogP contribution is -2.38. The standard InChI is InChI=1S/C13H18N2O4/c1-9(2)19-13(16)10(3)14(4)11-7-5-6-8-12(11)15(17)18/h5-10H,1-4H3. The first-order valence-corrected chi connectivity index (χ1v) is 6.01. The summed E-state index contributed by atoms with van der Waals surface area (Å²) in [5.74, 6) is -0.407. The predicted octanol–water partition coefficient (Wildman–Crippen LogP) is 2.37. The molecular weight excluding hydrogens is 248 g/mol. The van der Waals surface area contributed by atoms with E-state index in [0.717, 1.165) is 0 Å². The maximum atomic E-state index is 11.8. The molecule has 6 nitrogen and oxygen atoms in total. The molecule has 1 aromatic carbocycles. The van der Waals surface area contributed by atoms with Crippen molar-refractivity contribution in [3.8, 4) is 0 Å². The highest BCUT2D eigenvalue weighted by Gasteiger charge is 2.25. The second-order valence-corrected chi connectivity index (χ2v) is 4.52. The summed E-state index contributed by atoms with van der Waals surface area (Å²) in [5, 5.41) is 11.0. The largest absolute Gasteiger partial charge is 0.461 e. The van der Waals surface area contributed by atoms with Crippen LogP contribution in [-0.2, 0) is 9.53 Å². The lowest BCUT2D eigenvalue weighted by Gasteiger charge is -2.25. The van der Waals surface area contributed by atoms with Crippen LogP contribution in [0.1, 0.15) is 20.8 Å². The molecule has 0 heterocycles. The van der Waals surface area contributed by atoms with Crippen molar-refractivity contribution in [1.29, 1.82) is 0 Å². The molecule has 19 heavy (non-hydrogen) atoms. The van der Waals surface area contributed by atoms with Crippen LogP contribution in [0, 0.1) is 10.1 Å². The summed E-state index contributed by atoms with van der Waals surface area (Å²) in [5.41, 5.74) is 0.356. The molecule has 0 saturated carbocycles. The molecule has 0 aliphatic rings. The first kappa shape index (κ1) is 14.9. The van der Waals surface area contributed by atoms with Gasteiger partial charge in [-0.2, -0.15) is 0 Å². The lowest BCUT2D eigenvalue weighted by molar-refractivity contribution is -0.384. The summed E-state index contributed by atoms with van der Waals surface area (Å²) in [7, 11) is 1.63. The molecule has 0 spiro atoms. The lowest BCUT2D eigenvalue weighted by atomic mass is 10.2. The van der Waals surface area contributed by atoms with Crippen molar-refractivity contribution in [2.24, 2.45) is 0 Å². The van der Waals surface area contributed by atoms with Crippen molar-refractivity contribution in [2.45, 2.75) is 32.9 Å². The van der Waals surface area contributed by atoms with E-state index in [1.165, 1.54) is 6.07 Å². The van der Waals surface area contributed by atoms with Crippen LogP contribution in [0.3, 0.4) is 0 Å². The number of anilines is 1. The fourth-order valence-corrected chi connectivity index (χ4v) is 1.61. The van der Waals surface area contributed by atoms with Crippen molar-refractivity contribution < 1.29 is 14.5 Å². The first-order chi connectivity index (χ1) is 8.84. The van der Waals surface area contributed by atoms with Crippen LogP contribution in [0.4, 0.5) is 11.4 Å². The topological polar surface area (TPSA) is 72.7 Å². The van der Waals surface area contributed by atoms with Crippen molar-refractivity contribution in [2.75, 3.05) is 11.9 Å². The Morgan fingerprint density at radius 2 is 1.89 bits per heavy atom. The number of nitro groups is 1. The number of rotatable bonds is 5. The van der Waals surface area contributed by atoms with Gasteiger partial charge in [0.2, 0.25) is 0 Å². The Balaban J connectivity index is 2.97. The van der Waals surface area contributed by atoms with Crippen LogP contribution in [-0.4, -0.2) is 30.1 Å². The van der Waals surface area contributed by atoms with Gasteiger partial charge in [0.05, 0.1) is 11.0 Å². The van der Waals surface area contributed by atoms with Gasteiger partial charge in [-0.1, -0.05) is 12.1 Å². The fourth-order valence-electron chi connectivity index (χ4n) is 1.61. The fraction of sp³-hybridized carbons (Fsp3) is 0.462. The van der Waals surface area contributed by atoms with Gasteiger partial charge in [-0.15, -0.1) is 0 Å². The van der Waals surface area contributed by atoms with Crippen LogP contribution >= 0.6 is 0 Å². The van der Waals surface area contributed by atoms with Crippen LogP contribution in [0.2, 0.25) is 0 Å². The molecule has 1 rings (SSSR count). The minimum atomic E-state index is -0.594. The van der Waals surface area contributed by atoms with Gasteiger partial charge in [-0.05, 0) is 26.8 Å². The highest BCUT2D eigenvalue weighted by Crippen LogP contribution is 2.28. The maximum absolute atomic E-state index is 11.8. The minimum absolute atomic E-state index is 0.0332. The summed E-state index contributed by atoms with van der Waals surface area (Å²) in [4.78, 5) is 23.9. The van der Waals surface area contributed by atoms with Gasteiger partial charge in [0.15, 0.2) is 0 Å². The smallest absolute Gasteiger partial charge is 0.328 e. The number of carbonyl (C=O) groups is 1. The number of ether oxygens (including phenoxy) is 1. The molecule has 0 saturated heterocycles. The normalized spacial score (nSPS) is 12.1. The summed E-state index contributed by atoms with van der Waals surface area (Å²) < 4.78 is 5.10. The monoisotopic (exact) mass is 266 g/mol. The average Bonchev–Trinajstić information content (AvgIpc) is 2.36. The Kier molecular flexibility index (Phi) is 4.86. The van der Waals surface area contributed by atoms with E-state index in [2.05, 4.69) is 0 Å². The Hall–Kier alpha value is -2.11. The zero-order valence-electron chi connectivity index (χ0n) is 11.5. The number of para-hydroxylation sites is 2. The Morgan fingerprint density at radius 3 is 2.42 bits per heavy atom. The molecule has 104 valence electrons. The van der Waals surface area contributed by atoms with Crippen molar-refractivity contribution in [1.82, 2.24) is 0 Å². The number of likely N-dealkylation sites (N-methyl/N-ethyl adjacent to an activating group) is 1. The number of hydrogen-bond donors (Lipinski definition) is 0. The van der Waals surface area contributed by atoms with Gasteiger partial charge in [0.1, 0.15) is 11.7 Å². The van der Waals surface area contributed by atoms with E-state index in [-0.39, 0.29) is 11.8 Å². The second-order valence-electron chi connectivity index (χ2n) is 4.52. The number of esters is 1. The molecule has 1 unspecified atom stereocenters. The zero-order chi connectivity index (χ0) is 14.6. The van der Waals surface area contributed by atoms with Gasteiger partial charge < -0.3 is 9.64 Å². The molecule has 0 aliphatic carbocycles.